The van der Waals surface area contributed by atoms with Gasteiger partial charge in [-0.15, -0.1) is 0 Å². The lowest BCUT2D eigenvalue weighted by atomic mass is 9.78. The molecule has 0 aliphatic heterocycles. The first kappa shape index (κ1) is 12.6. The Bertz CT molecular complexity index is 411. The summed E-state index contributed by atoms with van der Waals surface area (Å²) in [6, 6.07) is 5.24. The highest BCUT2D eigenvalue weighted by atomic mass is 35.5. The van der Waals surface area contributed by atoms with Gasteiger partial charge in [0, 0.05) is 0 Å². The Hall–Kier alpha value is -0.820. The van der Waals surface area contributed by atoms with E-state index in [2.05, 4.69) is 19.1 Å². The monoisotopic (exact) mass is 252 g/mol. The van der Waals surface area contributed by atoms with Crippen LogP contribution in [0, 0.1) is 11.7 Å². The topological polar surface area (TPSA) is 0 Å². The summed E-state index contributed by atoms with van der Waals surface area (Å²) in [6.07, 6.45) is 9.18. The van der Waals surface area contributed by atoms with E-state index in [-0.39, 0.29) is 10.8 Å². The fourth-order valence-corrected chi connectivity index (χ4v) is 2.86. The summed E-state index contributed by atoms with van der Waals surface area (Å²) >= 11 is 5.71. The van der Waals surface area contributed by atoms with Crippen LogP contribution in [0.4, 0.5) is 4.39 Å². The van der Waals surface area contributed by atoms with Crippen molar-refractivity contribution in [1.29, 1.82) is 0 Å². The van der Waals surface area contributed by atoms with E-state index in [9.17, 15) is 4.39 Å². The van der Waals surface area contributed by atoms with E-state index in [0.717, 1.165) is 18.4 Å². The summed E-state index contributed by atoms with van der Waals surface area (Å²) in [5.41, 5.74) is 1.10. The van der Waals surface area contributed by atoms with Gasteiger partial charge in [-0.3, -0.25) is 0 Å². The molecule has 1 saturated carbocycles. The summed E-state index contributed by atoms with van der Waals surface area (Å²) in [5, 5.41) is 0.217. The Morgan fingerprint density at radius 1 is 1.35 bits per heavy atom. The Balaban J connectivity index is 2.13. The SMILES string of the molecule is CC=CC1CCCC(c2ccc(Cl)c(F)c2)C1. The van der Waals surface area contributed by atoms with Gasteiger partial charge in [-0.25, -0.2) is 4.39 Å². The van der Waals surface area contributed by atoms with Gasteiger partial charge in [0.1, 0.15) is 5.82 Å². The number of halogens is 2. The van der Waals surface area contributed by atoms with Crippen LogP contribution in [0.25, 0.3) is 0 Å². The zero-order chi connectivity index (χ0) is 12.3. The average Bonchev–Trinajstić information content (AvgIpc) is 2.33. The van der Waals surface area contributed by atoms with E-state index in [0.29, 0.717) is 11.8 Å². The van der Waals surface area contributed by atoms with Crippen LogP contribution in [0.2, 0.25) is 5.02 Å². The van der Waals surface area contributed by atoms with E-state index < -0.39 is 0 Å². The quantitative estimate of drug-likeness (QED) is 0.624. The van der Waals surface area contributed by atoms with Crippen LogP contribution in [0.5, 0.6) is 0 Å². The van der Waals surface area contributed by atoms with Gasteiger partial charge in [0.15, 0.2) is 0 Å². The van der Waals surface area contributed by atoms with Crippen molar-refractivity contribution in [2.24, 2.45) is 5.92 Å². The fraction of sp³-hybridized carbons (Fsp3) is 0.467. The molecule has 2 unspecified atom stereocenters. The van der Waals surface area contributed by atoms with Gasteiger partial charge in [0.05, 0.1) is 5.02 Å². The molecule has 0 spiro atoms. The molecule has 0 heterocycles. The number of allylic oxidation sites excluding steroid dienone is 2. The predicted molar refractivity (Wildman–Crippen MR) is 70.9 cm³/mol. The first-order chi connectivity index (χ1) is 8.20. The highest BCUT2D eigenvalue weighted by molar-refractivity contribution is 6.30. The molecule has 1 fully saturated rings. The van der Waals surface area contributed by atoms with Crippen LogP contribution in [0.1, 0.15) is 44.1 Å². The van der Waals surface area contributed by atoms with Gasteiger partial charge in [-0.05, 0) is 55.7 Å². The minimum atomic E-state index is -0.294. The zero-order valence-corrected chi connectivity index (χ0v) is 10.9. The summed E-state index contributed by atoms with van der Waals surface area (Å²) in [5.74, 6) is 0.839. The molecule has 1 aliphatic rings. The van der Waals surface area contributed by atoms with Crippen molar-refractivity contribution in [1.82, 2.24) is 0 Å². The summed E-state index contributed by atoms with van der Waals surface area (Å²) in [6.45, 7) is 2.06. The third-order valence-corrected chi connectivity index (χ3v) is 3.90. The van der Waals surface area contributed by atoms with Gasteiger partial charge in [0.25, 0.3) is 0 Å². The van der Waals surface area contributed by atoms with E-state index in [1.54, 1.807) is 12.1 Å². The van der Waals surface area contributed by atoms with E-state index in [1.165, 1.54) is 12.8 Å². The van der Waals surface area contributed by atoms with Crippen LogP contribution in [0.3, 0.4) is 0 Å². The first-order valence-corrected chi connectivity index (χ1v) is 6.66. The molecule has 0 bridgehead atoms. The molecule has 0 amide bonds. The Labute approximate surface area is 107 Å². The van der Waals surface area contributed by atoms with Crippen LogP contribution in [-0.4, -0.2) is 0 Å². The lowest BCUT2D eigenvalue weighted by Crippen LogP contribution is -2.12. The normalized spacial score (nSPS) is 25.4. The molecular weight excluding hydrogens is 235 g/mol. The third kappa shape index (κ3) is 3.10. The largest absolute Gasteiger partial charge is 0.205 e. The maximum Gasteiger partial charge on any atom is 0.142 e. The summed E-state index contributed by atoms with van der Waals surface area (Å²) in [7, 11) is 0. The standard InChI is InChI=1S/C15H18ClF/c1-2-4-11-5-3-6-12(9-11)13-7-8-14(16)15(17)10-13/h2,4,7-8,10-12H,3,5-6,9H2,1H3. The van der Waals surface area contributed by atoms with Crippen molar-refractivity contribution in [2.75, 3.05) is 0 Å². The lowest BCUT2D eigenvalue weighted by molar-refractivity contribution is 0.372. The van der Waals surface area contributed by atoms with Gasteiger partial charge in [-0.2, -0.15) is 0 Å². The van der Waals surface area contributed by atoms with E-state index in [1.807, 2.05) is 6.07 Å². The van der Waals surface area contributed by atoms with Crippen molar-refractivity contribution in [3.05, 3.63) is 46.8 Å². The smallest absolute Gasteiger partial charge is 0.142 e. The summed E-state index contributed by atoms with van der Waals surface area (Å²) in [4.78, 5) is 0. The highest BCUT2D eigenvalue weighted by Gasteiger charge is 2.22. The van der Waals surface area contributed by atoms with Crippen molar-refractivity contribution in [3.8, 4) is 0 Å². The molecule has 0 radical (unpaired) electrons. The molecule has 17 heavy (non-hydrogen) atoms. The number of benzene rings is 1. The molecule has 2 rings (SSSR count). The molecule has 2 heteroatoms. The first-order valence-electron chi connectivity index (χ1n) is 6.28. The van der Waals surface area contributed by atoms with Crippen molar-refractivity contribution < 1.29 is 4.39 Å². The number of hydrogen-bond donors (Lipinski definition) is 0. The Kier molecular flexibility index (Phi) is 4.22. The molecule has 0 aromatic heterocycles. The number of hydrogen-bond acceptors (Lipinski definition) is 0. The Morgan fingerprint density at radius 3 is 2.88 bits per heavy atom. The van der Waals surface area contributed by atoms with Crippen molar-refractivity contribution in [2.45, 2.75) is 38.5 Å². The molecule has 0 nitrogen and oxygen atoms in total. The fourth-order valence-electron chi connectivity index (χ4n) is 2.74. The van der Waals surface area contributed by atoms with Gasteiger partial charge in [0.2, 0.25) is 0 Å². The molecular formula is C15H18ClF. The second kappa shape index (κ2) is 5.68. The van der Waals surface area contributed by atoms with Crippen LogP contribution in [-0.2, 0) is 0 Å². The molecule has 1 aromatic carbocycles. The average molecular weight is 253 g/mol. The minimum Gasteiger partial charge on any atom is -0.205 e. The number of rotatable bonds is 2. The maximum absolute atomic E-state index is 13.4. The molecule has 2 atom stereocenters. The molecule has 1 aromatic rings. The molecule has 0 saturated heterocycles. The van der Waals surface area contributed by atoms with Gasteiger partial charge in [-0.1, -0.05) is 36.2 Å². The Morgan fingerprint density at radius 2 is 2.18 bits per heavy atom. The molecule has 0 N–H and O–H groups in total. The minimum absolute atomic E-state index is 0.217. The lowest BCUT2D eigenvalue weighted by Gasteiger charge is -2.27. The molecule has 92 valence electrons. The maximum atomic E-state index is 13.4. The zero-order valence-electron chi connectivity index (χ0n) is 10.1. The van der Waals surface area contributed by atoms with Gasteiger partial charge < -0.3 is 0 Å². The van der Waals surface area contributed by atoms with Gasteiger partial charge >= 0.3 is 0 Å². The van der Waals surface area contributed by atoms with Crippen molar-refractivity contribution in [3.63, 3.8) is 0 Å². The van der Waals surface area contributed by atoms with Crippen LogP contribution >= 0.6 is 11.6 Å². The van der Waals surface area contributed by atoms with Crippen molar-refractivity contribution >= 4 is 11.6 Å². The van der Waals surface area contributed by atoms with E-state index in [4.69, 9.17) is 11.6 Å². The van der Waals surface area contributed by atoms with Crippen LogP contribution < -0.4 is 0 Å². The van der Waals surface area contributed by atoms with E-state index >= 15 is 0 Å². The second-order valence-corrected chi connectivity index (χ2v) is 5.23. The highest BCUT2D eigenvalue weighted by Crippen LogP contribution is 2.37. The predicted octanol–water partition coefficient (Wildman–Crippen LogP) is 5.33. The summed E-state index contributed by atoms with van der Waals surface area (Å²) < 4.78 is 13.4. The third-order valence-electron chi connectivity index (χ3n) is 3.59. The molecule has 1 aliphatic carbocycles. The second-order valence-electron chi connectivity index (χ2n) is 4.82. The van der Waals surface area contributed by atoms with Crippen LogP contribution in [0.15, 0.2) is 30.4 Å².